The Kier molecular flexibility index (Phi) is 2.46. The highest BCUT2D eigenvalue weighted by Crippen LogP contribution is 2.33. The molecule has 0 spiro atoms. The van der Waals surface area contributed by atoms with E-state index in [1.54, 1.807) is 0 Å². The van der Waals surface area contributed by atoms with E-state index in [1.165, 1.54) is 25.0 Å². The second-order valence-electron chi connectivity index (χ2n) is 4.78. The lowest BCUT2D eigenvalue weighted by Gasteiger charge is -2.08. The molecule has 1 aliphatic rings. The lowest BCUT2D eigenvalue weighted by molar-refractivity contribution is 0.625. The van der Waals surface area contributed by atoms with Gasteiger partial charge in [-0.25, -0.2) is 9.37 Å². The summed E-state index contributed by atoms with van der Waals surface area (Å²) in [5.74, 6) is 0.613. The molecule has 1 heterocycles. The van der Waals surface area contributed by atoms with Crippen molar-refractivity contribution in [3.63, 3.8) is 0 Å². The van der Waals surface area contributed by atoms with Crippen LogP contribution < -0.4 is 0 Å². The Balaban J connectivity index is 1.99. The van der Waals surface area contributed by atoms with Crippen molar-refractivity contribution in [1.82, 2.24) is 9.55 Å². The molecule has 0 N–H and O–H groups in total. The Morgan fingerprint density at radius 1 is 1.29 bits per heavy atom. The second kappa shape index (κ2) is 3.99. The summed E-state index contributed by atoms with van der Waals surface area (Å²) >= 11 is 0. The molecule has 3 rings (SSSR count). The predicted octanol–water partition coefficient (Wildman–Crippen LogP) is 3.41. The Bertz CT molecular complexity index is 524. The van der Waals surface area contributed by atoms with Gasteiger partial charge in [-0.2, -0.15) is 0 Å². The van der Waals surface area contributed by atoms with Gasteiger partial charge >= 0.3 is 0 Å². The molecule has 0 bridgehead atoms. The zero-order valence-electron chi connectivity index (χ0n) is 9.86. The van der Waals surface area contributed by atoms with Crippen molar-refractivity contribution in [3.05, 3.63) is 42.1 Å². The first-order valence-electron chi connectivity index (χ1n) is 6.01. The molecular formula is C14H15FN2. The van der Waals surface area contributed by atoms with Gasteiger partial charge in [-0.05, 0) is 49.9 Å². The van der Waals surface area contributed by atoms with Crippen LogP contribution in [0.15, 0.2) is 30.6 Å². The van der Waals surface area contributed by atoms with Gasteiger partial charge in [0.15, 0.2) is 0 Å². The van der Waals surface area contributed by atoms with Crippen LogP contribution in [0.1, 0.15) is 18.5 Å². The van der Waals surface area contributed by atoms with Gasteiger partial charge in [-0.3, -0.25) is 0 Å². The molecule has 1 aromatic heterocycles. The van der Waals surface area contributed by atoms with Crippen LogP contribution in [0.2, 0.25) is 0 Å². The molecule has 1 saturated carbocycles. The summed E-state index contributed by atoms with van der Waals surface area (Å²) in [4.78, 5) is 4.37. The standard InChI is InChI=1S/C14H15FN2/c1-10-14(12-4-6-13(15)7-5-12)17(9-16-10)8-11-2-3-11/h4-7,9,11H,2-3,8H2,1H3. The summed E-state index contributed by atoms with van der Waals surface area (Å²) in [6, 6.07) is 6.65. The number of hydrogen-bond acceptors (Lipinski definition) is 1. The molecule has 3 heteroatoms. The fourth-order valence-corrected chi connectivity index (χ4v) is 2.18. The van der Waals surface area contributed by atoms with Crippen LogP contribution in [0.4, 0.5) is 4.39 Å². The van der Waals surface area contributed by atoms with Crippen LogP contribution in [0.3, 0.4) is 0 Å². The van der Waals surface area contributed by atoms with Crippen molar-refractivity contribution in [2.24, 2.45) is 5.92 Å². The highest BCUT2D eigenvalue weighted by Gasteiger charge is 2.23. The fraction of sp³-hybridized carbons (Fsp3) is 0.357. The van der Waals surface area contributed by atoms with Crippen molar-refractivity contribution in [2.75, 3.05) is 0 Å². The van der Waals surface area contributed by atoms with Gasteiger partial charge in [0.05, 0.1) is 17.7 Å². The van der Waals surface area contributed by atoms with Gasteiger partial charge in [0.2, 0.25) is 0 Å². The Hall–Kier alpha value is -1.64. The van der Waals surface area contributed by atoms with Crippen LogP contribution in [-0.4, -0.2) is 9.55 Å². The van der Waals surface area contributed by atoms with Gasteiger partial charge in [0.25, 0.3) is 0 Å². The third kappa shape index (κ3) is 2.09. The average Bonchev–Trinajstić information content (AvgIpc) is 3.05. The number of benzene rings is 1. The minimum Gasteiger partial charge on any atom is -0.330 e. The SMILES string of the molecule is Cc1ncn(CC2CC2)c1-c1ccc(F)cc1. The van der Waals surface area contributed by atoms with Crippen LogP contribution >= 0.6 is 0 Å². The maximum atomic E-state index is 12.9. The lowest BCUT2D eigenvalue weighted by Crippen LogP contribution is -2.00. The summed E-state index contributed by atoms with van der Waals surface area (Å²) in [6.07, 6.45) is 4.53. The second-order valence-corrected chi connectivity index (χ2v) is 4.78. The lowest BCUT2D eigenvalue weighted by atomic mass is 10.1. The molecule has 0 radical (unpaired) electrons. The van der Waals surface area contributed by atoms with Gasteiger partial charge in [0, 0.05) is 12.1 Å². The number of nitrogens with zero attached hydrogens (tertiary/aromatic N) is 2. The maximum absolute atomic E-state index is 12.9. The molecule has 0 amide bonds. The zero-order chi connectivity index (χ0) is 11.8. The van der Waals surface area contributed by atoms with E-state index in [-0.39, 0.29) is 5.82 Å². The molecule has 2 nitrogen and oxygen atoms in total. The average molecular weight is 230 g/mol. The molecule has 1 fully saturated rings. The summed E-state index contributed by atoms with van der Waals surface area (Å²) in [7, 11) is 0. The minimum atomic E-state index is -0.195. The molecule has 0 unspecified atom stereocenters. The summed E-state index contributed by atoms with van der Waals surface area (Å²) in [6.45, 7) is 3.04. The molecule has 2 aromatic rings. The summed E-state index contributed by atoms with van der Waals surface area (Å²) < 4.78 is 15.1. The van der Waals surface area contributed by atoms with Crippen molar-refractivity contribution in [3.8, 4) is 11.3 Å². The number of halogens is 1. The van der Waals surface area contributed by atoms with Gasteiger partial charge < -0.3 is 4.57 Å². The smallest absolute Gasteiger partial charge is 0.123 e. The largest absolute Gasteiger partial charge is 0.330 e. The van der Waals surface area contributed by atoms with E-state index in [9.17, 15) is 4.39 Å². The molecule has 0 atom stereocenters. The number of aryl methyl sites for hydroxylation is 1. The molecule has 88 valence electrons. The van der Waals surface area contributed by atoms with Gasteiger partial charge in [-0.1, -0.05) is 0 Å². The quantitative estimate of drug-likeness (QED) is 0.790. The number of rotatable bonds is 3. The van der Waals surface area contributed by atoms with Crippen molar-refractivity contribution in [1.29, 1.82) is 0 Å². The van der Waals surface area contributed by atoms with Crippen molar-refractivity contribution < 1.29 is 4.39 Å². The van der Waals surface area contributed by atoms with Crippen LogP contribution in [0, 0.1) is 18.7 Å². The van der Waals surface area contributed by atoms with Gasteiger partial charge in [-0.15, -0.1) is 0 Å². The third-order valence-corrected chi connectivity index (χ3v) is 3.29. The van der Waals surface area contributed by atoms with Crippen molar-refractivity contribution >= 4 is 0 Å². The van der Waals surface area contributed by atoms with E-state index in [0.29, 0.717) is 0 Å². The summed E-state index contributed by atoms with van der Waals surface area (Å²) in [5.41, 5.74) is 3.18. The molecular weight excluding hydrogens is 215 g/mol. The normalized spacial score (nSPS) is 15.2. The Morgan fingerprint density at radius 3 is 2.65 bits per heavy atom. The monoisotopic (exact) mass is 230 g/mol. The topological polar surface area (TPSA) is 17.8 Å². The van der Waals surface area contributed by atoms with E-state index in [1.807, 2.05) is 25.4 Å². The molecule has 1 aromatic carbocycles. The molecule has 17 heavy (non-hydrogen) atoms. The first-order chi connectivity index (χ1) is 8.24. The summed E-state index contributed by atoms with van der Waals surface area (Å²) in [5, 5.41) is 0. The van der Waals surface area contributed by atoms with Gasteiger partial charge in [0.1, 0.15) is 5.82 Å². The highest BCUT2D eigenvalue weighted by molar-refractivity contribution is 5.62. The van der Waals surface area contributed by atoms with Crippen LogP contribution in [-0.2, 0) is 6.54 Å². The first-order valence-corrected chi connectivity index (χ1v) is 6.01. The predicted molar refractivity (Wildman–Crippen MR) is 65.1 cm³/mol. The van der Waals surface area contributed by atoms with E-state index in [2.05, 4.69) is 9.55 Å². The number of aromatic nitrogens is 2. The zero-order valence-corrected chi connectivity index (χ0v) is 9.86. The van der Waals surface area contributed by atoms with Crippen LogP contribution in [0.25, 0.3) is 11.3 Å². The third-order valence-electron chi connectivity index (χ3n) is 3.29. The highest BCUT2D eigenvalue weighted by atomic mass is 19.1. The first kappa shape index (κ1) is 10.5. The Morgan fingerprint density at radius 2 is 2.00 bits per heavy atom. The van der Waals surface area contributed by atoms with E-state index >= 15 is 0 Å². The van der Waals surface area contributed by atoms with Crippen molar-refractivity contribution in [2.45, 2.75) is 26.3 Å². The number of hydrogen-bond donors (Lipinski definition) is 0. The minimum absolute atomic E-state index is 0.195. The maximum Gasteiger partial charge on any atom is 0.123 e. The fourth-order valence-electron chi connectivity index (χ4n) is 2.18. The van der Waals surface area contributed by atoms with E-state index < -0.39 is 0 Å². The van der Waals surface area contributed by atoms with E-state index in [0.717, 1.165) is 29.4 Å². The van der Waals surface area contributed by atoms with E-state index in [4.69, 9.17) is 0 Å². The number of imidazole rings is 1. The molecule has 0 saturated heterocycles. The Labute approximate surface area is 100 Å². The molecule has 1 aliphatic carbocycles. The molecule has 0 aliphatic heterocycles. The van der Waals surface area contributed by atoms with Crippen LogP contribution in [0.5, 0.6) is 0 Å².